The molecule has 3 heterocycles. The number of H-pyrrole nitrogens is 2. The molecular formula is C28H34N10O. The molecule has 0 spiro atoms. The smallest absolute Gasteiger partial charge is 0.212 e. The minimum Gasteiger partial charge on any atom is -0.388 e. The third-order valence-electron chi connectivity index (χ3n) is 5.62. The first-order valence-corrected chi connectivity index (χ1v) is 12.3. The molecule has 0 unspecified atom stereocenters. The third-order valence-corrected chi connectivity index (χ3v) is 5.62. The lowest BCUT2D eigenvalue weighted by atomic mass is 10.2. The number of imidazole rings is 2. The van der Waals surface area contributed by atoms with E-state index in [1.807, 2.05) is 36.9 Å². The second-order valence-electron chi connectivity index (χ2n) is 8.24. The Morgan fingerprint density at radius 1 is 1.23 bits per heavy atom. The quantitative estimate of drug-likeness (QED) is 0.111. The van der Waals surface area contributed by atoms with Crippen LogP contribution in [0.4, 0.5) is 11.5 Å². The topological polar surface area (TPSA) is 141 Å². The maximum Gasteiger partial charge on any atom is 0.212 e. The lowest BCUT2D eigenvalue weighted by Gasteiger charge is -2.05. The Hall–Kier alpha value is -5.06. The number of anilines is 2. The Morgan fingerprint density at radius 3 is 2.56 bits per heavy atom. The number of carbonyl (C=O) groups is 1. The number of hydrogen-bond donors (Lipinski definition) is 4. The van der Waals surface area contributed by atoms with Gasteiger partial charge in [0, 0.05) is 62.1 Å². The highest BCUT2D eigenvalue weighted by atomic mass is 16.1. The van der Waals surface area contributed by atoms with Crippen molar-refractivity contribution in [3.05, 3.63) is 84.4 Å². The molecule has 0 aliphatic carbocycles. The number of carbonyl (C=O) groups excluding carboxylic acids is 1. The van der Waals surface area contributed by atoms with E-state index in [1.165, 1.54) is 0 Å². The summed E-state index contributed by atoms with van der Waals surface area (Å²) in [6.45, 7) is 7.68. The molecule has 4 rings (SSSR count). The maximum absolute atomic E-state index is 10.2. The van der Waals surface area contributed by atoms with Crippen molar-refractivity contribution in [2.45, 2.75) is 20.3 Å². The van der Waals surface area contributed by atoms with Gasteiger partial charge in [0.2, 0.25) is 6.41 Å². The third kappa shape index (κ3) is 7.25. The largest absolute Gasteiger partial charge is 0.388 e. The van der Waals surface area contributed by atoms with E-state index in [0.29, 0.717) is 12.2 Å². The van der Waals surface area contributed by atoms with Crippen LogP contribution < -0.4 is 10.6 Å². The van der Waals surface area contributed by atoms with E-state index >= 15 is 0 Å². The van der Waals surface area contributed by atoms with Crippen LogP contribution in [0, 0.1) is 6.92 Å². The van der Waals surface area contributed by atoms with Crippen LogP contribution in [0.25, 0.3) is 17.0 Å². The highest BCUT2D eigenvalue weighted by Gasteiger charge is 2.17. The van der Waals surface area contributed by atoms with E-state index in [1.54, 1.807) is 44.9 Å². The average Bonchev–Trinajstić information content (AvgIpc) is 3.70. The molecular weight excluding hydrogens is 492 g/mol. The first-order chi connectivity index (χ1) is 19.0. The van der Waals surface area contributed by atoms with Gasteiger partial charge in [-0.3, -0.25) is 24.4 Å². The lowest BCUT2D eigenvalue weighted by Crippen LogP contribution is -2.14. The summed E-state index contributed by atoms with van der Waals surface area (Å²) < 4.78 is 1.92. The van der Waals surface area contributed by atoms with Gasteiger partial charge >= 0.3 is 0 Å². The van der Waals surface area contributed by atoms with Crippen LogP contribution >= 0.6 is 0 Å². The van der Waals surface area contributed by atoms with Gasteiger partial charge in [-0.25, -0.2) is 9.97 Å². The molecule has 4 aromatic rings. The highest BCUT2D eigenvalue weighted by Crippen LogP contribution is 2.22. The molecule has 0 saturated carbocycles. The second kappa shape index (κ2) is 14.0. The Labute approximate surface area is 227 Å². The summed E-state index contributed by atoms with van der Waals surface area (Å²) in [6.07, 6.45) is 10.3. The number of rotatable bonds is 9. The Kier molecular flexibility index (Phi) is 10.3. The van der Waals surface area contributed by atoms with E-state index in [4.69, 9.17) is 4.98 Å². The van der Waals surface area contributed by atoms with E-state index < -0.39 is 0 Å². The molecule has 0 radical (unpaired) electrons. The summed E-state index contributed by atoms with van der Waals surface area (Å²) in [6, 6.07) is 9.90. The van der Waals surface area contributed by atoms with Crippen molar-refractivity contribution in [1.82, 2.24) is 29.7 Å². The van der Waals surface area contributed by atoms with Crippen molar-refractivity contribution < 1.29 is 4.79 Å². The van der Waals surface area contributed by atoms with Crippen molar-refractivity contribution in [3.8, 4) is 11.4 Å². The molecule has 0 aliphatic rings. The molecule has 0 saturated heterocycles. The fourth-order valence-corrected chi connectivity index (χ4v) is 3.73. The van der Waals surface area contributed by atoms with Gasteiger partial charge in [0.1, 0.15) is 17.8 Å². The minimum atomic E-state index is 0.472. The zero-order valence-corrected chi connectivity index (χ0v) is 22.9. The number of aromatic nitrogens is 6. The highest BCUT2D eigenvalue weighted by molar-refractivity contribution is 6.09. The second-order valence-corrected chi connectivity index (χ2v) is 8.24. The predicted molar refractivity (Wildman–Crippen MR) is 159 cm³/mol. The van der Waals surface area contributed by atoms with Gasteiger partial charge in [0.25, 0.3) is 0 Å². The molecule has 0 fully saturated rings. The Morgan fingerprint density at radius 2 is 2.00 bits per heavy atom. The zero-order chi connectivity index (χ0) is 28.2. The number of hydrogen-bond acceptors (Lipinski definition) is 7. The molecule has 39 heavy (non-hydrogen) atoms. The predicted octanol–water partition coefficient (Wildman–Crippen LogP) is 4.36. The number of allylic oxidation sites excluding steroid dienone is 3. The van der Waals surface area contributed by atoms with Crippen LogP contribution in [0.3, 0.4) is 0 Å². The summed E-state index contributed by atoms with van der Waals surface area (Å²) in [5.41, 5.74) is 6.62. The summed E-state index contributed by atoms with van der Waals surface area (Å²) in [5.74, 6) is 2.11. The van der Waals surface area contributed by atoms with Crippen LogP contribution in [0.2, 0.25) is 0 Å². The van der Waals surface area contributed by atoms with Gasteiger partial charge in [0.15, 0.2) is 11.7 Å². The maximum atomic E-state index is 10.2. The van der Waals surface area contributed by atoms with Crippen molar-refractivity contribution in [3.63, 3.8) is 0 Å². The SMILES string of the molecule is C=C/C=C(\C=NC)c1cc(NC=O)n[nH]1.CCc1[nH]c(-c2ccc(NC)cc2)nc1C(=NC)n1cnc(C)c1. The Balaban J connectivity index is 0.000000242. The molecule has 1 amide bonds. The summed E-state index contributed by atoms with van der Waals surface area (Å²) in [7, 11) is 5.37. The molecule has 202 valence electrons. The zero-order valence-electron chi connectivity index (χ0n) is 22.9. The number of aromatic amines is 2. The number of aryl methyl sites for hydroxylation is 2. The fraction of sp³-hybridized carbons (Fsp3) is 0.214. The number of nitrogens with one attached hydrogen (secondary N) is 4. The Bertz CT molecular complexity index is 1470. The monoisotopic (exact) mass is 526 g/mol. The van der Waals surface area contributed by atoms with Crippen LogP contribution in [0.15, 0.2) is 71.6 Å². The number of amides is 1. The van der Waals surface area contributed by atoms with Crippen LogP contribution in [0.1, 0.15) is 29.7 Å². The van der Waals surface area contributed by atoms with Gasteiger partial charge in [-0.1, -0.05) is 25.7 Å². The molecule has 1 aromatic carbocycles. The van der Waals surface area contributed by atoms with Crippen molar-refractivity contribution in [1.29, 1.82) is 0 Å². The summed E-state index contributed by atoms with van der Waals surface area (Å²) in [5, 5.41) is 12.2. The molecule has 0 bridgehead atoms. The molecule has 11 heteroatoms. The van der Waals surface area contributed by atoms with Gasteiger partial charge in [0.05, 0.1) is 11.4 Å². The van der Waals surface area contributed by atoms with Crippen molar-refractivity contribution in [2.75, 3.05) is 31.8 Å². The van der Waals surface area contributed by atoms with Crippen LogP contribution in [-0.2, 0) is 11.2 Å². The summed E-state index contributed by atoms with van der Waals surface area (Å²) in [4.78, 5) is 31.0. The van der Waals surface area contributed by atoms with Crippen LogP contribution in [-0.4, -0.2) is 69.3 Å². The van der Waals surface area contributed by atoms with Crippen molar-refractivity contribution >= 4 is 35.5 Å². The molecule has 11 nitrogen and oxygen atoms in total. The molecule has 0 aliphatic heterocycles. The summed E-state index contributed by atoms with van der Waals surface area (Å²) >= 11 is 0. The van der Waals surface area contributed by atoms with Gasteiger partial charge in [-0.15, -0.1) is 0 Å². The van der Waals surface area contributed by atoms with E-state index in [0.717, 1.165) is 57.7 Å². The van der Waals surface area contributed by atoms with Gasteiger partial charge < -0.3 is 15.6 Å². The number of aliphatic imine (C=N–C) groups is 2. The van der Waals surface area contributed by atoms with E-state index in [9.17, 15) is 4.79 Å². The van der Waals surface area contributed by atoms with E-state index in [-0.39, 0.29) is 0 Å². The minimum absolute atomic E-state index is 0.472. The average molecular weight is 527 g/mol. The van der Waals surface area contributed by atoms with E-state index in [2.05, 4.69) is 66.4 Å². The standard InChI is InChI=1S/C18H22N6.C10H12N4O/c1-5-15-16(18(20-4)24-10-12(2)21-11-24)23-17(22-15)13-6-8-14(19-3)9-7-13;1-3-4-8(6-11-2)9-5-10(12-7-15)14-13-9/h6-11,19H,5H2,1-4H3,(H,22,23);3-7H,1H2,2H3,(H2,12,13,14,15)/b;8-4+,11-6?. The van der Waals surface area contributed by atoms with Gasteiger partial charge in [-0.05, 0) is 37.6 Å². The molecule has 4 N–H and O–H groups in total. The number of benzene rings is 1. The molecule has 3 aromatic heterocycles. The number of nitrogens with zero attached hydrogens (tertiary/aromatic N) is 6. The first kappa shape index (κ1) is 28.5. The van der Waals surface area contributed by atoms with Gasteiger partial charge in [-0.2, -0.15) is 5.10 Å². The molecule has 0 atom stereocenters. The van der Waals surface area contributed by atoms with Crippen molar-refractivity contribution in [2.24, 2.45) is 9.98 Å². The normalized spacial score (nSPS) is 11.7. The first-order valence-electron chi connectivity index (χ1n) is 12.3. The lowest BCUT2D eigenvalue weighted by molar-refractivity contribution is -0.105. The fourth-order valence-electron chi connectivity index (χ4n) is 3.73. The van der Waals surface area contributed by atoms with Crippen LogP contribution in [0.5, 0.6) is 0 Å².